The summed E-state index contributed by atoms with van der Waals surface area (Å²) in [6.07, 6.45) is -0.634. The molecule has 0 spiro atoms. The van der Waals surface area contributed by atoms with Crippen molar-refractivity contribution in [1.29, 1.82) is 0 Å². The van der Waals surface area contributed by atoms with Gasteiger partial charge in [0, 0.05) is 37.3 Å². The number of anilines is 2. The van der Waals surface area contributed by atoms with Gasteiger partial charge in [0.05, 0.1) is 30.2 Å². The molecule has 3 aliphatic heterocycles. The standard InChI is InChI=1S/C34H36F3N9O5/c1-17-13-22(34(35,36)37)5-6-23(17)40-30(48)24-14-18(2)26-27(32(50)46-33(45(24)26)41-29(42-46)21-7-11-51-12-8-21)43-9-10-44(19(3)15-43)31(49)25-28(47)20(4)38-16-39-25/h5-7,13,16,18-19,24,47H,8-12,14-15H2,1-4H3,(H,40,48)/t18-,19+,24-/m0/s1. The summed E-state index contributed by atoms with van der Waals surface area (Å²) in [4.78, 5) is 58.1. The first-order chi connectivity index (χ1) is 24.2. The molecule has 2 N–H and O–H groups in total. The largest absolute Gasteiger partial charge is 0.504 e. The number of aryl methyl sites for hydroxylation is 2. The summed E-state index contributed by atoms with van der Waals surface area (Å²) in [5.41, 5.74) is 1.12. The number of carbonyl (C=O) groups excluding carboxylic acids is 2. The van der Waals surface area contributed by atoms with Gasteiger partial charge >= 0.3 is 6.18 Å². The molecule has 0 saturated carbocycles. The van der Waals surface area contributed by atoms with E-state index in [-0.39, 0.29) is 66.1 Å². The number of fused-ring (bicyclic) bond motifs is 3. The van der Waals surface area contributed by atoms with E-state index in [9.17, 15) is 32.7 Å². The van der Waals surface area contributed by atoms with Crippen LogP contribution < -0.4 is 15.8 Å². The van der Waals surface area contributed by atoms with Crippen molar-refractivity contribution < 1.29 is 32.6 Å². The lowest BCUT2D eigenvalue weighted by atomic mass is 10.0. The van der Waals surface area contributed by atoms with Gasteiger partial charge in [0.15, 0.2) is 17.3 Å². The minimum absolute atomic E-state index is 0.103. The quantitative estimate of drug-likeness (QED) is 0.312. The van der Waals surface area contributed by atoms with Crippen LogP contribution in [0.15, 0.2) is 35.4 Å². The number of rotatable bonds is 5. The highest BCUT2D eigenvalue weighted by Gasteiger charge is 2.42. The number of nitrogens with one attached hydrogen (secondary N) is 1. The van der Waals surface area contributed by atoms with Crippen LogP contribution in [-0.2, 0) is 15.7 Å². The van der Waals surface area contributed by atoms with Crippen LogP contribution in [0.1, 0.15) is 77.5 Å². The van der Waals surface area contributed by atoms with Gasteiger partial charge in [-0.2, -0.15) is 22.7 Å². The second-order valence-corrected chi connectivity index (χ2v) is 13.2. The molecule has 2 amide bonds. The normalized spacial score (nSPS) is 20.8. The SMILES string of the molecule is Cc1cc(C(F)(F)F)ccc1NC(=O)[C@@H]1C[C@H](C)c2c(N3CCN(C(=O)c4ncnc(C)c4O)[C@H](C)C3)c(=O)n3nc(C4=CCOCC4)nc3n21. The zero-order valence-corrected chi connectivity index (χ0v) is 28.4. The number of hydrogen-bond donors (Lipinski definition) is 2. The van der Waals surface area contributed by atoms with Crippen molar-refractivity contribution in [2.24, 2.45) is 0 Å². The topological polar surface area (TPSA) is 160 Å². The molecule has 0 aliphatic carbocycles. The fourth-order valence-corrected chi connectivity index (χ4v) is 7.16. The first-order valence-corrected chi connectivity index (χ1v) is 16.6. The molecule has 1 aromatic carbocycles. The molecule has 6 heterocycles. The number of hydrogen-bond acceptors (Lipinski definition) is 10. The molecule has 51 heavy (non-hydrogen) atoms. The van der Waals surface area contributed by atoms with Gasteiger partial charge in [0.25, 0.3) is 11.5 Å². The number of nitrogens with zero attached hydrogens (tertiary/aromatic N) is 8. The number of amides is 2. The minimum atomic E-state index is -4.53. The van der Waals surface area contributed by atoms with E-state index < -0.39 is 41.2 Å². The summed E-state index contributed by atoms with van der Waals surface area (Å²) in [5.74, 6) is -1.02. The van der Waals surface area contributed by atoms with Crippen LogP contribution in [0.5, 0.6) is 5.75 Å². The van der Waals surface area contributed by atoms with Gasteiger partial charge in [-0.15, -0.1) is 5.10 Å². The molecule has 14 nitrogen and oxygen atoms in total. The van der Waals surface area contributed by atoms with Crippen LogP contribution in [0.2, 0.25) is 0 Å². The van der Waals surface area contributed by atoms with Crippen molar-refractivity contribution in [2.75, 3.05) is 43.1 Å². The Morgan fingerprint density at radius 2 is 1.90 bits per heavy atom. The van der Waals surface area contributed by atoms with Gasteiger partial charge in [-0.1, -0.05) is 13.0 Å². The second kappa shape index (κ2) is 12.8. The predicted molar refractivity (Wildman–Crippen MR) is 179 cm³/mol. The highest BCUT2D eigenvalue weighted by molar-refractivity contribution is 5.96. The maximum atomic E-state index is 14.4. The molecule has 4 aromatic rings. The lowest BCUT2D eigenvalue weighted by Crippen LogP contribution is -2.55. The highest BCUT2D eigenvalue weighted by Crippen LogP contribution is 2.42. The van der Waals surface area contributed by atoms with E-state index in [0.717, 1.165) is 17.7 Å². The molecule has 0 unspecified atom stereocenters. The maximum absolute atomic E-state index is 14.4. The highest BCUT2D eigenvalue weighted by atomic mass is 19.4. The Balaban J connectivity index is 1.28. The van der Waals surface area contributed by atoms with E-state index in [0.29, 0.717) is 36.8 Å². The molecular formula is C34H36F3N9O5. The number of halogens is 3. The predicted octanol–water partition coefficient (Wildman–Crippen LogP) is 3.86. The molecule has 0 bridgehead atoms. The molecule has 7 rings (SSSR count). The van der Waals surface area contributed by atoms with E-state index in [1.54, 1.807) is 16.4 Å². The molecule has 3 aromatic heterocycles. The molecular weight excluding hydrogens is 671 g/mol. The van der Waals surface area contributed by atoms with Gasteiger partial charge in [-0.05, 0) is 62.9 Å². The first kappa shape index (κ1) is 34.1. The third-order valence-electron chi connectivity index (χ3n) is 9.84. The van der Waals surface area contributed by atoms with Gasteiger partial charge < -0.3 is 25.0 Å². The third kappa shape index (κ3) is 5.98. The molecule has 268 valence electrons. The average Bonchev–Trinajstić information content (AvgIpc) is 3.69. The molecule has 3 atom stereocenters. The number of carbonyl (C=O) groups is 2. The van der Waals surface area contributed by atoms with Crippen molar-refractivity contribution in [3.63, 3.8) is 0 Å². The number of alkyl halides is 3. The van der Waals surface area contributed by atoms with Crippen LogP contribution >= 0.6 is 0 Å². The van der Waals surface area contributed by atoms with E-state index >= 15 is 0 Å². The van der Waals surface area contributed by atoms with Gasteiger partial charge in [-0.3, -0.25) is 19.0 Å². The number of benzene rings is 1. The van der Waals surface area contributed by atoms with E-state index in [1.807, 2.05) is 24.8 Å². The fraction of sp³-hybridized carbons (Fsp3) is 0.441. The molecule has 3 aliphatic rings. The maximum Gasteiger partial charge on any atom is 0.416 e. The van der Waals surface area contributed by atoms with Crippen molar-refractivity contribution in [1.82, 2.24) is 34.0 Å². The molecule has 1 fully saturated rings. The van der Waals surface area contributed by atoms with Crippen LogP contribution in [0.4, 0.5) is 24.5 Å². The Morgan fingerprint density at radius 3 is 2.59 bits per heavy atom. The Hall–Kier alpha value is -5.32. The average molecular weight is 708 g/mol. The van der Waals surface area contributed by atoms with Crippen LogP contribution in [0.3, 0.4) is 0 Å². The van der Waals surface area contributed by atoms with E-state index in [4.69, 9.17) is 9.72 Å². The lowest BCUT2D eigenvalue weighted by molar-refractivity contribution is -0.137. The Bertz CT molecular complexity index is 2160. The number of ether oxygens (including phenoxy) is 1. The van der Waals surface area contributed by atoms with E-state index in [2.05, 4.69) is 20.4 Å². The summed E-state index contributed by atoms with van der Waals surface area (Å²) >= 11 is 0. The Labute approximate surface area is 289 Å². The van der Waals surface area contributed by atoms with Crippen LogP contribution in [0, 0.1) is 13.8 Å². The Kier molecular flexibility index (Phi) is 8.55. The number of piperazine rings is 1. The van der Waals surface area contributed by atoms with Gasteiger partial charge in [-0.25, -0.2) is 9.97 Å². The van der Waals surface area contributed by atoms with Crippen molar-refractivity contribution in [3.05, 3.63) is 75.0 Å². The molecule has 0 radical (unpaired) electrons. The van der Waals surface area contributed by atoms with Crippen molar-refractivity contribution >= 4 is 34.5 Å². The molecule has 1 saturated heterocycles. The summed E-state index contributed by atoms with van der Waals surface area (Å²) in [7, 11) is 0. The zero-order valence-electron chi connectivity index (χ0n) is 28.4. The fourth-order valence-electron chi connectivity index (χ4n) is 7.16. The minimum Gasteiger partial charge on any atom is -0.504 e. The third-order valence-corrected chi connectivity index (χ3v) is 9.84. The smallest absolute Gasteiger partial charge is 0.416 e. The first-order valence-electron chi connectivity index (χ1n) is 16.6. The Morgan fingerprint density at radius 1 is 1.12 bits per heavy atom. The number of aromatic nitrogens is 6. The summed E-state index contributed by atoms with van der Waals surface area (Å²) in [6.45, 7) is 8.36. The molecule has 17 heteroatoms. The monoisotopic (exact) mass is 707 g/mol. The van der Waals surface area contributed by atoms with Crippen molar-refractivity contribution in [2.45, 2.75) is 64.7 Å². The van der Waals surface area contributed by atoms with Crippen LogP contribution in [-0.4, -0.2) is 89.8 Å². The van der Waals surface area contributed by atoms with Gasteiger partial charge in [0.1, 0.15) is 18.1 Å². The second-order valence-electron chi connectivity index (χ2n) is 13.2. The van der Waals surface area contributed by atoms with Crippen molar-refractivity contribution in [3.8, 4) is 5.75 Å². The van der Waals surface area contributed by atoms with Crippen LogP contribution in [0.25, 0.3) is 11.4 Å². The van der Waals surface area contributed by atoms with E-state index in [1.165, 1.54) is 23.8 Å². The summed E-state index contributed by atoms with van der Waals surface area (Å²) < 4.78 is 48.4. The zero-order chi connectivity index (χ0) is 36.4. The lowest BCUT2D eigenvalue weighted by Gasteiger charge is -2.41. The summed E-state index contributed by atoms with van der Waals surface area (Å²) in [6, 6.07) is 1.86. The number of aromatic hydroxyl groups is 1. The summed E-state index contributed by atoms with van der Waals surface area (Å²) in [5, 5.41) is 17.9. The van der Waals surface area contributed by atoms with Gasteiger partial charge in [0.2, 0.25) is 11.7 Å².